The van der Waals surface area contributed by atoms with Crippen LogP contribution >= 0.6 is 11.8 Å². The van der Waals surface area contributed by atoms with Gasteiger partial charge < -0.3 is 11.1 Å². The summed E-state index contributed by atoms with van der Waals surface area (Å²) in [5, 5.41) is 3.51. The topological polar surface area (TPSA) is 85.1 Å². The lowest BCUT2D eigenvalue weighted by Gasteiger charge is -2.05. The number of rotatable bonds is 5. The van der Waals surface area contributed by atoms with Gasteiger partial charge in [0.25, 0.3) is 0 Å². The average Bonchev–Trinajstić information content (AvgIpc) is 2.47. The van der Waals surface area contributed by atoms with Crippen LogP contribution in [0, 0.1) is 0 Å². The predicted molar refractivity (Wildman–Crippen MR) is 84.4 cm³/mol. The Balaban J connectivity index is 1.86. The first-order chi connectivity index (χ1) is 10.0. The number of pyridine rings is 1. The zero-order valence-electron chi connectivity index (χ0n) is 11.5. The van der Waals surface area contributed by atoms with Crippen molar-refractivity contribution in [3.05, 3.63) is 48.2 Å². The van der Waals surface area contributed by atoms with Gasteiger partial charge in [0.15, 0.2) is 5.78 Å². The van der Waals surface area contributed by atoms with E-state index in [1.807, 2.05) is 0 Å². The maximum atomic E-state index is 11.8. The molecule has 1 aromatic heterocycles. The smallest absolute Gasteiger partial charge is 0.234 e. The number of benzene rings is 1. The van der Waals surface area contributed by atoms with Crippen molar-refractivity contribution in [3.63, 3.8) is 0 Å². The molecule has 0 unspecified atom stereocenters. The molecule has 0 spiro atoms. The number of carbonyl (C=O) groups is 2. The third kappa shape index (κ3) is 4.61. The molecule has 0 radical (unpaired) electrons. The van der Waals surface area contributed by atoms with Crippen molar-refractivity contribution in [1.82, 2.24) is 4.98 Å². The van der Waals surface area contributed by atoms with Gasteiger partial charge in [-0.05, 0) is 43.3 Å². The van der Waals surface area contributed by atoms with Crippen molar-refractivity contribution >= 4 is 34.8 Å². The van der Waals surface area contributed by atoms with Crippen molar-refractivity contribution in [2.45, 2.75) is 11.9 Å². The summed E-state index contributed by atoms with van der Waals surface area (Å²) in [6, 6.07) is 10.3. The average molecular weight is 301 g/mol. The van der Waals surface area contributed by atoms with E-state index < -0.39 is 0 Å². The van der Waals surface area contributed by atoms with Crippen molar-refractivity contribution in [3.8, 4) is 0 Å². The molecule has 2 rings (SSSR count). The summed E-state index contributed by atoms with van der Waals surface area (Å²) in [5.74, 6) is 0.123. The molecule has 0 saturated heterocycles. The maximum Gasteiger partial charge on any atom is 0.234 e. The molecule has 6 heteroatoms. The van der Waals surface area contributed by atoms with Crippen LogP contribution in [0.15, 0.2) is 47.6 Å². The quantitative estimate of drug-likeness (QED) is 0.655. The van der Waals surface area contributed by atoms with Gasteiger partial charge in [0, 0.05) is 11.3 Å². The minimum Gasteiger partial charge on any atom is -0.397 e. The fourth-order valence-corrected chi connectivity index (χ4v) is 2.24. The SMILES string of the molecule is CC(=O)c1ccc(NC(=O)CSc2ccc(N)cn2)cc1. The Kier molecular flexibility index (Phi) is 4.94. The molecule has 21 heavy (non-hydrogen) atoms. The number of amides is 1. The first-order valence-corrected chi connectivity index (χ1v) is 7.28. The number of carbonyl (C=O) groups excluding carboxylic acids is 2. The Morgan fingerprint density at radius 2 is 1.90 bits per heavy atom. The van der Waals surface area contributed by atoms with Gasteiger partial charge in [0.05, 0.1) is 22.7 Å². The minimum atomic E-state index is -0.130. The molecule has 1 heterocycles. The van der Waals surface area contributed by atoms with E-state index >= 15 is 0 Å². The Labute approximate surface area is 127 Å². The van der Waals surface area contributed by atoms with Crippen molar-refractivity contribution in [1.29, 1.82) is 0 Å². The maximum absolute atomic E-state index is 11.8. The largest absolute Gasteiger partial charge is 0.397 e. The van der Waals surface area contributed by atoms with E-state index in [1.54, 1.807) is 42.6 Å². The van der Waals surface area contributed by atoms with E-state index in [4.69, 9.17) is 5.73 Å². The molecule has 108 valence electrons. The molecule has 0 fully saturated rings. The third-order valence-electron chi connectivity index (χ3n) is 2.69. The molecule has 3 N–H and O–H groups in total. The summed E-state index contributed by atoms with van der Waals surface area (Å²) in [5.41, 5.74) is 7.42. The van der Waals surface area contributed by atoms with E-state index in [2.05, 4.69) is 10.3 Å². The number of nitrogen functional groups attached to an aromatic ring is 1. The molecule has 2 aromatic rings. The van der Waals surface area contributed by atoms with Crippen LogP contribution in [0.5, 0.6) is 0 Å². The van der Waals surface area contributed by atoms with Crippen LogP contribution in [0.2, 0.25) is 0 Å². The van der Waals surface area contributed by atoms with Gasteiger partial charge in [-0.25, -0.2) is 4.98 Å². The van der Waals surface area contributed by atoms with Gasteiger partial charge in [0.1, 0.15) is 0 Å². The molecule has 0 aliphatic heterocycles. The lowest BCUT2D eigenvalue weighted by molar-refractivity contribution is -0.113. The first kappa shape index (κ1) is 15.1. The molecule has 0 bridgehead atoms. The Morgan fingerprint density at radius 3 is 2.48 bits per heavy atom. The van der Waals surface area contributed by atoms with Crippen LogP contribution in [0.4, 0.5) is 11.4 Å². The zero-order valence-corrected chi connectivity index (χ0v) is 12.3. The highest BCUT2D eigenvalue weighted by atomic mass is 32.2. The number of thioether (sulfide) groups is 1. The summed E-state index contributed by atoms with van der Waals surface area (Å²) >= 11 is 1.33. The number of hydrogen-bond donors (Lipinski definition) is 2. The zero-order chi connectivity index (χ0) is 15.2. The summed E-state index contributed by atoms with van der Waals surface area (Å²) in [4.78, 5) is 27.1. The van der Waals surface area contributed by atoms with Gasteiger partial charge >= 0.3 is 0 Å². The van der Waals surface area contributed by atoms with Gasteiger partial charge in [0.2, 0.25) is 5.91 Å². The van der Waals surface area contributed by atoms with Gasteiger partial charge in [-0.3, -0.25) is 9.59 Å². The molecule has 0 atom stereocenters. The van der Waals surface area contributed by atoms with Gasteiger partial charge in [-0.1, -0.05) is 11.8 Å². The number of Topliss-reactive ketones (excluding diaryl/α,β-unsaturated/α-hetero) is 1. The molecule has 0 saturated carbocycles. The second kappa shape index (κ2) is 6.90. The fraction of sp³-hybridized carbons (Fsp3) is 0.133. The number of aromatic nitrogens is 1. The van der Waals surface area contributed by atoms with E-state index in [1.165, 1.54) is 18.7 Å². The molecule has 0 aliphatic rings. The molecular weight excluding hydrogens is 286 g/mol. The van der Waals surface area contributed by atoms with E-state index in [-0.39, 0.29) is 17.4 Å². The summed E-state index contributed by atoms with van der Waals surface area (Å²) in [7, 11) is 0. The number of anilines is 2. The summed E-state index contributed by atoms with van der Waals surface area (Å²) in [6.45, 7) is 1.50. The first-order valence-electron chi connectivity index (χ1n) is 6.30. The van der Waals surface area contributed by atoms with Crippen LogP contribution < -0.4 is 11.1 Å². The van der Waals surface area contributed by atoms with Crippen LogP contribution in [-0.2, 0) is 4.79 Å². The van der Waals surface area contributed by atoms with Crippen molar-refractivity contribution < 1.29 is 9.59 Å². The second-order valence-electron chi connectivity index (χ2n) is 4.40. The highest BCUT2D eigenvalue weighted by Crippen LogP contribution is 2.17. The lowest BCUT2D eigenvalue weighted by Crippen LogP contribution is -2.14. The summed E-state index contributed by atoms with van der Waals surface area (Å²) in [6.07, 6.45) is 1.56. The van der Waals surface area contributed by atoms with E-state index in [0.717, 1.165) is 5.03 Å². The number of nitrogens with one attached hydrogen (secondary N) is 1. The summed E-state index contributed by atoms with van der Waals surface area (Å²) < 4.78 is 0. The molecule has 1 amide bonds. The lowest BCUT2D eigenvalue weighted by atomic mass is 10.1. The van der Waals surface area contributed by atoms with Crippen LogP contribution in [0.3, 0.4) is 0 Å². The van der Waals surface area contributed by atoms with Gasteiger partial charge in [-0.2, -0.15) is 0 Å². The van der Waals surface area contributed by atoms with Crippen molar-refractivity contribution in [2.75, 3.05) is 16.8 Å². The second-order valence-corrected chi connectivity index (χ2v) is 5.40. The van der Waals surface area contributed by atoms with Crippen LogP contribution in [0.25, 0.3) is 0 Å². The van der Waals surface area contributed by atoms with E-state index in [0.29, 0.717) is 16.9 Å². The Morgan fingerprint density at radius 1 is 1.19 bits per heavy atom. The molecule has 5 nitrogen and oxygen atoms in total. The number of ketones is 1. The molecular formula is C15H15N3O2S. The fourth-order valence-electron chi connectivity index (χ4n) is 1.60. The van der Waals surface area contributed by atoms with Gasteiger partial charge in [-0.15, -0.1) is 0 Å². The number of hydrogen-bond acceptors (Lipinski definition) is 5. The Hall–Kier alpha value is -2.34. The molecule has 0 aliphatic carbocycles. The Bertz CT molecular complexity index is 639. The van der Waals surface area contributed by atoms with Crippen LogP contribution in [-0.4, -0.2) is 22.4 Å². The number of nitrogens with zero attached hydrogens (tertiary/aromatic N) is 1. The highest BCUT2D eigenvalue weighted by molar-refractivity contribution is 7.99. The van der Waals surface area contributed by atoms with Crippen molar-refractivity contribution in [2.24, 2.45) is 0 Å². The normalized spacial score (nSPS) is 10.1. The highest BCUT2D eigenvalue weighted by Gasteiger charge is 2.05. The van der Waals surface area contributed by atoms with Crippen LogP contribution in [0.1, 0.15) is 17.3 Å². The number of nitrogens with two attached hydrogens (primary N) is 1. The third-order valence-corrected chi connectivity index (χ3v) is 3.63. The predicted octanol–water partition coefficient (Wildman–Crippen LogP) is 2.60. The minimum absolute atomic E-state index is 0.00198. The monoisotopic (exact) mass is 301 g/mol. The van der Waals surface area contributed by atoms with E-state index in [9.17, 15) is 9.59 Å². The molecule has 1 aromatic carbocycles. The standard InChI is InChI=1S/C15H15N3O2S/c1-10(19)11-2-5-13(6-3-11)18-14(20)9-21-15-7-4-12(16)8-17-15/h2-8H,9,16H2,1H3,(H,18,20).